The first-order valence-corrected chi connectivity index (χ1v) is 9.81. The number of ether oxygens (including phenoxy) is 1. The molecule has 0 spiro atoms. The number of hydrogen-bond acceptors (Lipinski definition) is 8. The van der Waals surface area contributed by atoms with E-state index in [-0.39, 0.29) is 5.91 Å². The first kappa shape index (κ1) is 18.3. The van der Waals surface area contributed by atoms with Gasteiger partial charge in [0.2, 0.25) is 0 Å². The Bertz CT molecular complexity index is 953. The molecule has 0 atom stereocenters. The summed E-state index contributed by atoms with van der Waals surface area (Å²) in [6.45, 7) is 4.96. The van der Waals surface area contributed by atoms with Gasteiger partial charge in [0.15, 0.2) is 5.82 Å². The molecule has 0 radical (unpaired) electrons. The molecule has 8 nitrogen and oxygen atoms in total. The van der Waals surface area contributed by atoms with Gasteiger partial charge < -0.3 is 20.3 Å². The second-order valence-electron chi connectivity index (χ2n) is 6.32. The van der Waals surface area contributed by atoms with Gasteiger partial charge in [-0.1, -0.05) is 0 Å². The van der Waals surface area contributed by atoms with Crippen molar-refractivity contribution < 1.29 is 9.53 Å². The summed E-state index contributed by atoms with van der Waals surface area (Å²) in [6.07, 6.45) is 1.76. The average Bonchev–Trinajstić information content (AvgIpc) is 3.16. The normalized spacial score (nSPS) is 14.0. The summed E-state index contributed by atoms with van der Waals surface area (Å²) in [5.74, 6) is 0.519. The lowest BCUT2D eigenvalue weighted by Crippen LogP contribution is -2.36. The number of thiazole rings is 1. The maximum Gasteiger partial charge on any atom is 0.267 e. The number of aryl methyl sites for hydroxylation is 1. The monoisotopic (exact) mass is 396 g/mol. The second kappa shape index (κ2) is 8.32. The average molecular weight is 396 g/mol. The van der Waals surface area contributed by atoms with E-state index in [0.29, 0.717) is 10.7 Å². The smallest absolute Gasteiger partial charge is 0.267 e. The molecule has 0 aliphatic carbocycles. The van der Waals surface area contributed by atoms with Crippen molar-refractivity contribution in [2.45, 2.75) is 6.92 Å². The Balaban J connectivity index is 1.40. The van der Waals surface area contributed by atoms with Crippen LogP contribution in [0, 0.1) is 6.92 Å². The van der Waals surface area contributed by atoms with Crippen molar-refractivity contribution in [3.63, 3.8) is 0 Å². The van der Waals surface area contributed by atoms with E-state index in [1.807, 2.05) is 37.3 Å². The van der Waals surface area contributed by atoms with E-state index in [0.717, 1.165) is 49.1 Å². The standard InChI is InChI=1S/C19H20N6O2S/c1-13-18(28-12-20-13)19(26)23-15-4-2-14(3-5-15)22-17-10-16(11-21-24-17)25-6-8-27-9-7-25/h2-5,10-12H,6-9H2,1H3,(H,22,24)(H,23,26). The Kier molecular flexibility index (Phi) is 5.45. The van der Waals surface area contributed by atoms with Crippen molar-refractivity contribution in [3.8, 4) is 0 Å². The molecule has 4 rings (SSSR count). The SMILES string of the molecule is Cc1ncsc1C(=O)Nc1ccc(Nc2cc(N3CCOCC3)cnn2)cc1. The van der Waals surface area contributed by atoms with Crippen LogP contribution in [0.2, 0.25) is 0 Å². The number of rotatable bonds is 5. The minimum absolute atomic E-state index is 0.148. The molecule has 1 saturated heterocycles. The largest absolute Gasteiger partial charge is 0.378 e. The van der Waals surface area contributed by atoms with Crippen LogP contribution in [0.25, 0.3) is 0 Å². The maximum absolute atomic E-state index is 12.3. The van der Waals surface area contributed by atoms with Crippen molar-refractivity contribution in [2.24, 2.45) is 0 Å². The zero-order valence-corrected chi connectivity index (χ0v) is 16.2. The van der Waals surface area contributed by atoms with Crippen LogP contribution >= 0.6 is 11.3 Å². The molecule has 0 unspecified atom stereocenters. The highest BCUT2D eigenvalue weighted by Crippen LogP contribution is 2.22. The summed E-state index contributed by atoms with van der Waals surface area (Å²) in [7, 11) is 0. The molecule has 0 saturated carbocycles. The summed E-state index contributed by atoms with van der Waals surface area (Å²) in [5.41, 5.74) is 5.00. The Morgan fingerprint density at radius 3 is 2.64 bits per heavy atom. The molecule has 28 heavy (non-hydrogen) atoms. The molecule has 1 aromatic carbocycles. The number of nitrogens with one attached hydrogen (secondary N) is 2. The number of anilines is 4. The number of carbonyl (C=O) groups excluding carboxylic acids is 1. The van der Waals surface area contributed by atoms with E-state index in [1.54, 1.807) is 11.7 Å². The fraction of sp³-hybridized carbons (Fsp3) is 0.263. The van der Waals surface area contributed by atoms with E-state index in [1.165, 1.54) is 11.3 Å². The number of hydrogen-bond donors (Lipinski definition) is 2. The van der Waals surface area contributed by atoms with Gasteiger partial charge in [-0.25, -0.2) is 4.98 Å². The van der Waals surface area contributed by atoms with Crippen molar-refractivity contribution in [2.75, 3.05) is 41.8 Å². The van der Waals surface area contributed by atoms with Crippen LogP contribution in [0.4, 0.5) is 22.9 Å². The van der Waals surface area contributed by atoms with Crippen LogP contribution < -0.4 is 15.5 Å². The van der Waals surface area contributed by atoms with Crippen LogP contribution in [0.5, 0.6) is 0 Å². The van der Waals surface area contributed by atoms with Gasteiger partial charge in [0, 0.05) is 30.5 Å². The fourth-order valence-corrected chi connectivity index (χ4v) is 3.60. The lowest BCUT2D eigenvalue weighted by molar-refractivity contribution is 0.103. The quantitative estimate of drug-likeness (QED) is 0.685. The molecule has 2 aromatic heterocycles. The van der Waals surface area contributed by atoms with Gasteiger partial charge in [-0.05, 0) is 31.2 Å². The minimum Gasteiger partial charge on any atom is -0.378 e. The molecule has 1 aliphatic heterocycles. The minimum atomic E-state index is -0.148. The van der Waals surface area contributed by atoms with Gasteiger partial charge in [-0.2, -0.15) is 5.10 Å². The lowest BCUT2D eigenvalue weighted by atomic mass is 10.2. The molecule has 9 heteroatoms. The van der Waals surface area contributed by atoms with Gasteiger partial charge in [0.1, 0.15) is 4.88 Å². The Labute approximate surface area is 166 Å². The molecule has 1 aliphatic rings. The van der Waals surface area contributed by atoms with Gasteiger partial charge in [-0.15, -0.1) is 16.4 Å². The van der Waals surface area contributed by atoms with E-state index >= 15 is 0 Å². The topological polar surface area (TPSA) is 92.3 Å². The number of morpholine rings is 1. The van der Waals surface area contributed by atoms with Crippen molar-refractivity contribution in [1.82, 2.24) is 15.2 Å². The van der Waals surface area contributed by atoms with Gasteiger partial charge in [-0.3, -0.25) is 4.79 Å². The summed E-state index contributed by atoms with van der Waals surface area (Å²) in [6, 6.07) is 9.43. The number of amides is 1. The number of aromatic nitrogens is 3. The molecule has 1 amide bonds. The van der Waals surface area contributed by atoms with Crippen molar-refractivity contribution in [3.05, 3.63) is 52.6 Å². The number of nitrogens with zero attached hydrogens (tertiary/aromatic N) is 4. The summed E-state index contributed by atoms with van der Waals surface area (Å²) < 4.78 is 5.39. The predicted molar refractivity (Wildman–Crippen MR) is 110 cm³/mol. The Morgan fingerprint density at radius 1 is 1.18 bits per heavy atom. The molecule has 144 valence electrons. The highest BCUT2D eigenvalue weighted by atomic mass is 32.1. The Hall–Kier alpha value is -3.04. The molecule has 1 fully saturated rings. The third-order valence-electron chi connectivity index (χ3n) is 4.38. The van der Waals surface area contributed by atoms with Crippen LogP contribution in [0.1, 0.15) is 15.4 Å². The highest BCUT2D eigenvalue weighted by Gasteiger charge is 2.13. The number of carbonyl (C=O) groups is 1. The van der Waals surface area contributed by atoms with Gasteiger partial charge in [0.25, 0.3) is 5.91 Å². The molecular weight excluding hydrogens is 376 g/mol. The summed E-state index contributed by atoms with van der Waals surface area (Å²) in [4.78, 5) is 19.2. The first-order valence-electron chi connectivity index (χ1n) is 8.93. The van der Waals surface area contributed by atoms with E-state index in [2.05, 4.69) is 30.7 Å². The van der Waals surface area contributed by atoms with E-state index in [4.69, 9.17) is 4.74 Å². The van der Waals surface area contributed by atoms with E-state index in [9.17, 15) is 4.79 Å². The summed E-state index contributed by atoms with van der Waals surface area (Å²) >= 11 is 1.33. The fourth-order valence-electron chi connectivity index (χ4n) is 2.90. The first-order chi connectivity index (χ1) is 13.7. The summed E-state index contributed by atoms with van der Waals surface area (Å²) in [5, 5.41) is 14.4. The molecule has 0 bridgehead atoms. The lowest BCUT2D eigenvalue weighted by Gasteiger charge is -2.28. The van der Waals surface area contributed by atoms with Crippen LogP contribution in [0.15, 0.2) is 42.0 Å². The van der Waals surface area contributed by atoms with Gasteiger partial charge >= 0.3 is 0 Å². The third kappa shape index (κ3) is 4.26. The maximum atomic E-state index is 12.3. The van der Waals surface area contributed by atoms with Crippen molar-refractivity contribution >= 4 is 40.1 Å². The molecule has 3 aromatic rings. The predicted octanol–water partition coefficient (Wildman–Crippen LogP) is 3.07. The highest BCUT2D eigenvalue weighted by molar-refractivity contribution is 7.12. The van der Waals surface area contributed by atoms with E-state index < -0.39 is 0 Å². The third-order valence-corrected chi connectivity index (χ3v) is 5.31. The molecule has 3 heterocycles. The zero-order chi connectivity index (χ0) is 19.3. The molecule has 2 N–H and O–H groups in total. The van der Waals surface area contributed by atoms with Crippen molar-refractivity contribution in [1.29, 1.82) is 0 Å². The molecular formula is C19H20N6O2S. The second-order valence-corrected chi connectivity index (χ2v) is 7.18. The van der Waals surface area contributed by atoms with Crippen LogP contribution in [-0.4, -0.2) is 47.4 Å². The Morgan fingerprint density at radius 2 is 1.93 bits per heavy atom. The van der Waals surface area contributed by atoms with Crippen LogP contribution in [0.3, 0.4) is 0 Å². The van der Waals surface area contributed by atoms with Crippen LogP contribution in [-0.2, 0) is 4.74 Å². The number of benzene rings is 1. The van der Waals surface area contributed by atoms with Gasteiger partial charge in [0.05, 0.1) is 36.3 Å². The zero-order valence-electron chi connectivity index (χ0n) is 15.4.